The average Bonchev–Trinajstić information content (AvgIpc) is 3.25. The summed E-state index contributed by atoms with van der Waals surface area (Å²) < 4.78 is 14.0. The predicted molar refractivity (Wildman–Crippen MR) is 93.5 cm³/mol. The van der Waals surface area contributed by atoms with E-state index in [1.165, 1.54) is 0 Å². The lowest BCUT2D eigenvalue weighted by molar-refractivity contribution is -0.120. The molecule has 3 aromatic rings. The van der Waals surface area contributed by atoms with Crippen LogP contribution in [-0.2, 0) is 11.8 Å². The highest BCUT2D eigenvalue weighted by molar-refractivity contribution is 5.84. The predicted octanol–water partition coefficient (Wildman–Crippen LogP) is 0.0832. The van der Waals surface area contributed by atoms with Crippen LogP contribution in [-0.4, -0.2) is 64.1 Å². The van der Waals surface area contributed by atoms with E-state index in [2.05, 4.69) is 25.4 Å². The van der Waals surface area contributed by atoms with Gasteiger partial charge in [-0.3, -0.25) is 9.48 Å². The third-order valence-corrected chi connectivity index (χ3v) is 4.31. The van der Waals surface area contributed by atoms with E-state index in [1.807, 2.05) is 13.2 Å². The number of aromatic nitrogens is 5. The molecular formula is C16H19N7O3. The maximum atomic E-state index is 11.0. The number of anilines is 1. The summed E-state index contributed by atoms with van der Waals surface area (Å²) in [6.07, 6.45) is 5.35. The molecule has 1 fully saturated rings. The Labute approximate surface area is 149 Å². The first kappa shape index (κ1) is 16.3. The second kappa shape index (κ2) is 6.64. The molecule has 0 aliphatic carbocycles. The van der Waals surface area contributed by atoms with E-state index in [0.29, 0.717) is 29.3 Å². The van der Waals surface area contributed by atoms with Crippen molar-refractivity contribution in [1.82, 2.24) is 29.7 Å². The lowest BCUT2D eigenvalue weighted by Gasteiger charge is -2.28. The summed E-state index contributed by atoms with van der Waals surface area (Å²) in [7, 11) is 3.40. The molecule has 1 N–H and O–H groups in total. The molecule has 10 heteroatoms. The average molecular weight is 357 g/mol. The highest BCUT2D eigenvalue weighted by Crippen LogP contribution is 2.38. The summed E-state index contributed by atoms with van der Waals surface area (Å²) in [6.45, 7) is 3.59. The third-order valence-electron chi connectivity index (χ3n) is 4.31. The Bertz CT molecular complexity index is 943. The fourth-order valence-corrected chi connectivity index (χ4v) is 3.14. The summed E-state index contributed by atoms with van der Waals surface area (Å²) >= 11 is 0. The smallest absolute Gasteiger partial charge is 0.299 e. The standard InChI is InChI=1S/C16H19N7O3/c1-21-8-11(7-18-21)12-9-23-14(15(19-12)25-2)13(16(20-23)26-10-24)22-5-3-17-4-6-22/h7-10,17H,3-6H2,1-2H3. The van der Waals surface area contributed by atoms with Crippen molar-refractivity contribution in [3.63, 3.8) is 0 Å². The van der Waals surface area contributed by atoms with E-state index < -0.39 is 0 Å². The maximum Gasteiger partial charge on any atom is 0.299 e. The molecule has 1 aliphatic heterocycles. The van der Waals surface area contributed by atoms with Crippen molar-refractivity contribution < 1.29 is 14.3 Å². The lowest BCUT2D eigenvalue weighted by atomic mass is 10.2. The zero-order valence-corrected chi connectivity index (χ0v) is 14.5. The van der Waals surface area contributed by atoms with E-state index in [1.54, 1.807) is 28.7 Å². The van der Waals surface area contributed by atoms with Gasteiger partial charge in [0, 0.05) is 45.0 Å². The molecule has 0 amide bonds. The molecule has 0 aromatic carbocycles. The zero-order chi connectivity index (χ0) is 18.1. The number of fused-ring (bicyclic) bond motifs is 1. The van der Waals surface area contributed by atoms with E-state index >= 15 is 0 Å². The molecular weight excluding hydrogens is 338 g/mol. The summed E-state index contributed by atoms with van der Waals surface area (Å²) in [5.74, 6) is 0.651. The van der Waals surface area contributed by atoms with Crippen LogP contribution in [0.2, 0.25) is 0 Å². The van der Waals surface area contributed by atoms with Crippen molar-refractivity contribution in [1.29, 1.82) is 0 Å². The van der Waals surface area contributed by atoms with Crippen LogP contribution in [0.25, 0.3) is 16.8 Å². The number of piperazine rings is 1. The van der Waals surface area contributed by atoms with Gasteiger partial charge in [0.25, 0.3) is 12.4 Å². The normalized spacial score (nSPS) is 14.6. The molecule has 3 aromatic heterocycles. The van der Waals surface area contributed by atoms with Gasteiger partial charge in [0.2, 0.25) is 5.88 Å². The van der Waals surface area contributed by atoms with Crippen molar-refractivity contribution in [3.05, 3.63) is 18.6 Å². The van der Waals surface area contributed by atoms with Gasteiger partial charge in [0.05, 0.1) is 25.2 Å². The SMILES string of the molecule is COc1nc(-c2cnn(C)c2)cn2nc(OC=O)c(N3CCNCC3)c12. The molecule has 0 atom stereocenters. The van der Waals surface area contributed by atoms with Gasteiger partial charge < -0.3 is 19.7 Å². The molecule has 0 radical (unpaired) electrons. The van der Waals surface area contributed by atoms with Crippen LogP contribution < -0.4 is 19.7 Å². The highest BCUT2D eigenvalue weighted by atomic mass is 16.5. The second-order valence-electron chi connectivity index (χ2n) is 5.94. The van der Waals surface area contributed by atoms with Crippen LogP contribution in [0, 0.1) is 0 Å². The van der Waals surface area contributed by atoms with Gasteiger partial charge in [0.15, 0.2) is 5.52 Å². The molecule has 0 unspecified atom stereocenters. The van der Waals surface area contributed by atoms with Crippen molar-refractivity contribution in [3.8, 4) is 23.0 Å². The van der Waals surface area contributed by atoms with E-state index in [-0.39, 0.29) is 5.88 Å². The Morgan fingerprint density at radius 2 is 2.04 bits per heavy atom. The zero-order valence-electron chi connectivity index (χ0n) is 14.5. The molecule has 10 nitrogen and oxygen atoms in total. The van der Waals surface area contributed by atoms with Gasteiger partial charge >= 0.3 is 0 Å². The molecule has 26 heavy (non-hydrogen) atoms. The van der Waals surface area contributed by atoms with Gasteiger partial charge in [-0.15, -0.1) is 5.10 Å². The molecule has 136 valence electrons. The summed E-state index contributed by atoms with van der Waals surface area (Å²) in [5, 5.41) is 11.9. The van der Waals surface area contributed by atoms with Crippen molar-refractivity contribution >= 4 is 17.7 Å². The van der Waals surface area contributed by atoms with Gasteiger partial charge in [-0.25, -0.2) is 9.50 Å². The minimum absolute atomic E-state index is 0.241. The first-order valence-electron chi connectivity index (χ1n) is 8.23. The number of rotatable bonds is 5. The quantitative estimate of drug-likeness (QED) is 0.641. The molecule has 4 heterocycles. The Hall–Kier alpha value is -3.14. The molecule has 4 rings (SSSR count). The number of aryl methyl sites for hydroxylation is 1. The number of nitrogens with one attached hydrogen (secondary N) is 1. The Morgan fingerprint density at radius 1 is 1.23 bits per heavy atom. The summed E-state index contributed by atoms with van der Waals surface area (Å²) in [5.41, 5.74) is 2.87. The first-order valence-corrected chi connectivity index (χ1v) is 8.23. The highest BCUT2D eigenvalue weighted by Gasteiger charge is 2.26. The minimum Gasteiger partial charge on any atom is -0.479 e. The van der Waals surface area contributed by atoms with Crippen LogP contribution in [0.1, 0.15) is 0 Å². The van der Waals surface area contributed by atoms with Gasteiger partial charge in [-0.1, -0.05) is 0 Å². The molecule has 1 aliphatic rings. The van der Waals surface area contributed by atoms with Crippen molar-refractivity contribution in [2.24, 2.45) is 7.05 Å². The van der Waals surface area contributed by atoms with Gasteiger partial charge in [0.1, 0.15) is 5.69 Å². The van der Waals surface area contributed by atoms with E-state index in [4.69, 9.17) is 9.47 Å². The monoisotopic (exact) mass is 357 g/mol. The Kier molecular flexibility index (Phi) is 4.17. The largest absolute Gasteiger partial charge is 0.479 e. The Morgan fingerprint density at radius 3 is 2.69 bits per heavy atom. The molecule has 0 saturated carbocycles. The number of carbonyl (C=O) groups is 1. The Balaban J connectivity index is 1.91. The van der Waals surface area contributed by atoms with Crippen LogP contribution in [0.5, 0.6) is 11.8 Å². The van der Waals surface area contributed by atoms with Crippen LogP contribution in [0.3, 0.4) is 0 Å². The number of carbonyl (C=O) groups excluding carboxylic acids is 1. The van der Waals surface area contributed by atoms with Crippen molar-refractivity contribution in [2.45, 2.75) is 0 Å². The number of nitrogens with zero attached hydrogens (tertiary/aromatic N) is 6. The number of ether oxygens (including phenoxy) is 2. The van der Waals surface area contributed by atoms with Gasteiger partial charge in [-0.2, -0.15) is 5.10 Å². The fraction of sp³-hybridized carbons (Fsp3) is 0.375. The molecule has 0 spiro atoms. The van der Waals surface area contributed by atoms with E-state index in [9.17, 15) is 4.79 Å². The van der Waals surface area contributed by atoms with Crippen LogP contribution in [0.4, 0.5) is 5.69 Å². The minimum atomic E-state index is 0.241. The molecule has 0 bridgehead atoms. The summed E-state index contributed by atoms with van der Waals surface area (Å²) in [4.78, 5) is 17.7. The van der Waals surface area contributed by atoms with E-state index in [0.717, 1.165) is 31.7 Å². The van der Waals surface area contributed by atoms with Crippen LogP contribution in [0.15, 0.2) is 18.6 Å². The van der Waals surface area contributed by atoms with Gasteiger partial charge in [-0.05, 0) is 0 Å². The van der Waals surface area contributed by atoms with Crippen LogP contribution >= 0.6 is 0 Å². The summed E-state index contributed by atoms with van der Waals surface area (Å²) in [6, 6.07) is 0. The topological polar surface area (TPSA) is 98.8 Å². The van der Waals surface area contributed by atoms with Crippen molar-refractivity contribution in [2.75, 3.05) is 38.2 Å². The number of hydrogen-bond donors (Lipinski definition) is 1. The second-order valence-corrected chi connectivity index (χ2v) is 5.94. The number of hydrogen-bond acceptors (Lipinski definition) is 8. The third kappa shape index (κ3) is 2.73. The first-order chi connectivity index (χ1) is 12.7. The lowest BCUT2D eigenvalue weighted by Crippen LogP contribution is -2.43. The number of methoxy groups -OCH3 is 1. The maximum absolute atomic E-state index is 11.0. The molecule has 1 saturated heterocycles. The fourth-order valence-electron chi connectivity index (χ4n) is 3.14.